The Kier molecular flexibility index (Phi) is 3.48. The number of halogens is 1. The van der Waals surface area contributed by atoms with Gasteiger partial charge in [-0.05, 0) is 30.7 Å². The fraction of sp³-hybridized carbons (Fsp3) is 0.294. The summed E-state index contributed by atoms with van der Waals surface area (Å²) in [5.41, 5.74) is 2.38. The van der Waals surface area contributed by atoms with E-state index in [-0.39, 0.29) is 5.82 Å². The van der Waals surface area contributed by atoms with Crippen molar-refractivity contribution >= 4 is 28.5 Å². The summed E-state index contributed by atoms with van der Waals surface area (Å²) in [5, 5.41) is 9.18. The molecule has 6 nitrogen and oxygen atoms in total. The zero-order valence-electron chi connectivity index (χ0n) is 13.0. The smallest absolute Gasteiger partial charge is 0.407 e. The molecule has 3 heterocycles. The van der Waals surface area contributed by atoms with Crippen molar-refractivity contribution in [3.63, 3.8) is 0 Å². The molecular formula is C17H17FN4O2. The van der Waals surface area contributed by atoms with Crippen molar-refractivity contribution in [2.24, 2.45) is 0 Å². The predicted octanol–water partition coefficient (Wildman–Crippen LogP) is 2.82. The lowest BCUT2D eigenvalue weighted by molar-refractivity contribution is 0.148. The van der Waals surface area contributed by atoms with Gasteiger partial charge in [-0.1, -0.05) is 0 Å². The molecule has 124 valence electrons. The third-order valence-electron chi connectivity index (χ3n) is 4.47. The third kappa shape index (κ3) is 2.42. The summed E-state index contributed by atoms with van der Waals surface area (Å²) in [6, 6.07) is 8.50. The number of carbonyl (C=O) groups is 1. The fourth-order valence-corrected chi connectivity index (χ4v) is 3.29. The van der Waals surface area contributed by atoms with Crippen molar-refractivity contribution in [1.29, 1.82) is 0 Å². The van der Waals surface area contributed by atoms with Gasteiger partial charge in [-0.15, -0.1) is 0 Å². The lowest BCUT2D eigenvalue weighted by Crippen LogP contribution is -2.34. The maximum absolute atomic E-state index is 13.6. The quantitative estimate of drug-likeness (QED) is 0.746. The topological polar surface area (TPSA) is 61.1 Å². The average molecular weight is 328 g/mol. The molecule has 3 aromatic rings. The maximum atomic E-state index is 13.6. The first-order chi connectivity index (χ1) is 11.6. The Bertz CT molecular complexity index is 923. The van der Waals surface area contributed by atoms with Crippen molar-refractivity contribution in [2.75, 3.05) is 31.1 Å². The van der Waals surface area contributed by atoms with Crippen LogP contribution in [0.3, 0.4) is 0 Å². The van der Waals surface area contributed by atoms with Crippen molar-refractivity contribution in [1.82, 2.24) is 14.3 Å². The number of hydrogen-bond acceptors (Lipinski definition) is 3. The summed E-state index contributed by atoms with van der Waals surface area (Å²) in [6.07, 6.45) is 1.78. The van der Waals surface area contributed by atoms with E-state index in [0.717, 1.165) is 29.8 Å². The van der Waals surface area contributed by atoms with Crippen molar-refractivity contribution in [2.45, 2.75) is 6.42 Å². The van der Waals surface area contributed by atoms with Crippen molar-refractivity contribution < 1.29 is 14.3 Å². The number of rotatable bonds is 1. The molecule has 0 aliphatic carbocycles. The normalized spacial score (nSPS) is 15.9. The Labute approximate surface area is 137 Å². The highest BCUT2D eigenvalue weighted by Gasteiger charge is 2.21. The fourth-order valence-electron chi connectivity index (χ4n) is 3.29. The van der Waals surface area contributed by atoms with E-state index in [0.29, 0.717) is 25.2 Å². The summed E-state index contributed by atoms with van der Waals surface area (Å²) < 4.78 is 15.6. The SMILES string of the molecule is O=C(O)N1CCCN(c2nc3cc(F)ccc3n3cccc23)CC1. The first-order valence-electron chi connectivity index (χ1n) is 7.92. The van der Waals surface area contributed by atoms with E-state index in [1.54, 1.807) is 6.07 Å². The third-order valence-corrected chi connectivity index (χ3v) is 4.47. The van der Waals surface area contributed by atoms with Crippen LogP contribution in [-0.4, -0.2) is 51.7 Å². The molecule has 1 N–H and O–H groups in total. The van der Waals surface area contributed by atoms with E-state index in [1.807, 2.05) is 22.7 Å². The van der Waals surface area contributed by atoms with Gasteiger partial charge >= 0.3 is 6.09 Å². The monoisotopic (exact) mass is 328 g/mol. The zero-order valence-corrected chi connectivity index (χ0v) is 13.0. The molecule has 0 bridgehead atoms. The van der Waals surface area contributed by atoms with Gasteiger partial charge in [-0.25, -0.2) is 14.2 Å². The average Bonchev–Trinajstić information content (AvgIpc) is 2.91. The Hall–Kier alpha value is -2.83. The van der Waals surface area contributed by atoms with Crippen LogP contribution in [0.2, 0.25) is 0 Å². The summed E-state index contributed by atoms with van der Waals surface area (Å²) in [5.74, 6) is 0.450. The summed E-state index contributed by atoms with van der Waals surface area (Å²) in [7, 11) is 0. The summed E-state index contributed by atoms with van der Waals surface area (Å²) in [4.78, 5) is 19.4. The minimum atomic E-state index is -0.891. The Balaban J connectivity index is 1.80. The molecule has 1 amide bonds. The van der Waals surface area contributed by atoms with Crippen molar-refractivity contribution in [3.8, 4) is 0 Å². The number of hydrogen-bond donors (Lipinski definition) is 1. The van der Waals surface area contributed by atoms with Gasteiger partial charge in [0.2, 0.25) is 0 Å². The molecular weight excluding hydrogens is 311 g/mol. The number of nitrogens with zero attached hydrogens (tertiary/aromatic N) is 4. The lowest BCUT2D eigenvalue weighted by Gasteiger charge is -2.23. The van der Waals surface area contributed by atoms with Gasteiger partial charge in [0.25, 0.3) is 0 Å². The van der Waals surface area contributed by atoms with Gasteiger partial charge in [0.15, 0.2) is 5.82 Å². The Morgan fingerprint density at radius 3 is 2.83 bits per heavy atom. The van der Waals surface area contributed by atoms with Crippen molar-refractivity contribution in [3.05, 3.63) is 42.3 Å². The minimum absolute atomic E-state index is 0.319. The minimum Gasteiger partial charge on any atom is -0.465 e. The van der Waals surface area contributed by atoms with Gasteiger partial charge in [0.05, 0.1) is 16.6 Å². The second kappa shape index (κ2) is 5.67. The molecule has 0 spiro atoms. The molecule has 1 fully saturated rings. The predicted molar refractivity (Wildman–Crippen MR) is 89.1 cm³/mol. The van der Waals surface area contributed by atoms with Crippen LogP contribution in [-0.2, 0) is 0 Å². The second-order valence-electron chi connectivity index (χ2n) is 5.94. The van der Waals surface area contributed by atoms with Crippen LogP contribution in [0.25, 0.3) is 16.6 Å². The number of anilines is 1. The molecule has 1 saturated heterocycles. The molecule has 1 aliphatic heterocycles. The Morgan fingerprint density at radius 1 is 1.12 bits per heavy atom. The van der Waals surface area contributed by atoms with E-state index in [9.17, 15) is 14.3 Å². The first-order valence-corrected chi connectivity index (χ1v) is 7.92. The standard InChI is InChI=1S/C17H17FN4O2/c18-12-4-5-14-13(11-12)19-16(15-3-1-8-22(14)15)20-6-2-7-21(10-9-20)17(23)24/h1,3-5,8,11H,2,6-7,9-10H2,(H,23,24). The molecule has 24 heavy (non-hydrogen) atoms. The van der Waals surface area contributed by atoms with Crippen LogP contribution in [0.4, 0.5) is 15.0 Å². The van der Waals surface area contributed by atoms with Gasteiger partial charge in [-0.2, -0.15) is 0 Å². The van der Waals surface area contributed by atoms with Crippen LogP contribution in [0, 0.1) is 5.82 Å². The molecule has 1 aromatic carbocycles. The number of benzene rings is 1. The molecule has 0 atom stereocenters. The molecule has 2 aromatic heterocycles. The highest BCUT2D eigenvalue weighted by molar-refractivity contribution is 5.85. The van der Waals surface area contributed by atoms with E-state index < -0.39 is 6.09 Å². The highest BCUT2D eigenvalue weighted by atomic mass is 19.1. The highest BCUT2D eigenvalue weighted by Crippen LogP contribution is 2.26. The van der Waals surface area contributed by atoms with Gasteiger partial charge in [-0.3, -0.25) is 0 Å². The van der Waals surface area contributed by atoms with E-state index in [4.69, 9.17) is 0 Å². The molecule has 0 radical (unpaired) electrons. The molecule has 0 unspecified atom stereocenters. The lowest BCUT2D eigenvalue weighted by atomic mass is 10.2. The Morgan fingerprint density at radius 2 is 2.00 bits per heavy atom. The molecule has 4 rings (SSSR count). The van der Waals surface area contributed by atoms with E-state index in [1.165, 1.54) is 17.0 Å². The molecule has 7 heteroatoms. The van der Waals surface area contributed by atoms with Gasteiger partial charge < -0.3 is 19.3 Å². The number of fused-ring (bicyclic) bond motifs is 3. The summed E-state index contributed by atoms with van der Waals surface area (Å²) in [6.45, 7) is 2.25. The van der Waals surface area contributed by atoms with Crippen LogP contribution in [0.5, 0.6) is 0 Å². The molecule has 1 aliphatic rings. The van der Waals surface area contributed by atoms with Crippen LogP contribution in [0.15, 0.2) is 36.5 Å². The van der Waals surface area contributed by atoms with Crippen LogP contribution >= 0.6 is 0 Å². The second-order valence-corrected chi connectivity index (χ2v) is 5.94. The van der Waals surface area contributed by atoms with E-state index >= 15 is 0 Å². The maximum Gasteiger partial charge on any atom is 0.407 e. The van der Waals surface area contributed by atoms with Gasteiger partial charge in [0.1, 0.15) is 5.82 Å². The number of aromatic nitrogens is 2. The largest absolute Gasteiger partial charge is 0.465 e. The first kappa shape index (κ1) is 14.7. The number of carboxylic acid groups (broad SMARTS) is 1. The van der Waals surface area contributed by atoms with Crippen LogP contribution in [0.1, 0.15) is 6.42 Å². The zero-order chi connectivity index (χ0) is 16.7. The molecule has 0 saturated carbocycles. The summed E-state index contributed by atoms with van der Waals surface area (Å²) >= 11 is 0. The van der Waals surface area contributed by atoms with Crippen LogP contribution < -0.4 is 4.90 Å². The van der Waals surface area contributed by atoms with E-state index in [2.05, 4.69) is 9.88 Å². The number of amides is 1. The van der Waals surface area contributed by atoms with Gasteiger partial charge in [0, 0.05) is 38.4 Å².